The lowest BCUT2D eigenvalue weighted by Gasteiger charge is -2.40. The molecular weight excluding hydrogens is 202 g/mol. The third-order valence-electron chi connectivity index (χ3n) is 3.54. The zero-order chi connectivity index (χ0) is 11.1. The summed E-state index contributed by atoms with van der Waals surface area (Å²) in [6.07, 6.45) is 3.63. The molecule has 1 fully saturated rings. The molecule has 2 N–H and O–H groups in total. The molecule has 0 radical (unpaired) electrons. The minimum atomic E-state index is -0.0537. The Morgan fingerprint density at radius 3 is 2.40 bits per heavy atom. The first kappa shape index (κ1) is 11.2. The minimum Gasteiger partial charge on any atom is -0.321 e. The van der Waals surface area contributed by atoms with Gasteiger partial charge in [0.1, 0.15) is 0 Å². The summed E-state index contributed by atoms with van der Waals surface area (Å²) in [5.74, 6) is 1.53. The molecule has 1 aromatic rings. The van der Waals surface area contributed by atoms with E-state index in [1.165, 1.54) is 16.9 Å². The van der Waals surface area contributed by atoms with E-state index in [0.717, 1.165) is 24.7 Å². The highest BCUT2D eigenvalue weighted by Crippen LogP contribution is 2.41. The number of nitrogens with two attached hydrogens (primary N) is 1. The highest BCUT2D eigenvalue weighted by Gasteiger charge is 2.36. The monoisotopic (exact) mass is 223 g/mol. The van der Waals surface area contributed by atoms with Gasteiger partial charge >= 0.3 is 0 Å². The summed E-state index contributed by atoms with van der Waals surface area (Å²) in [6.45, 7) is 6.82. The van der Waals surface area contributed by atoms with Gasteiger partial charge in [-0.2, -0.15) is 0 Å². The van der Waals surface area contributed by atoms with Crippen molar-refractivity contribution in [3.63, 3.8) is 0 Å². The average molecular weight is 223 g/mol. The van der Waals surface area contributed by atoms with Crippen LogP contribution in [0.3, 0.4) is 0 Å². The summed E-state index contributed by atoms with van der Waals surface area (Å²) in [7, 11) is 0. The van der Waals surface area contributed by atoms with Gasteiger partial charge in [0.25, 0.3) is 0 Å². The number of hydrogen-bond donors (Lipinski definition) is 1. The lowest BCUT2D eigenvalue weighted by Crippen LogP contribution is -2.43. The maximum atomic E-state index is 6.58. The van der Waals surface area contributed by atoms with Crippen LogP contribution in [0.15, 0.2) is 11.4 Å². The molecule has 0 aliphatic heterocycles. The molecule has 0 saturated heterocycles. The molecule has 1 saturated carbocycles. The van der Waals surface area contributed by atoms with E-state index >= 15 is 0 Å². The summed E-state index contributed by atoms with van der Waals surface area (Å²) in [5.41, 5.74) is 7.89. The maximum absolute atomic E-state index is 6.58. The molecule has 1 heterocycles. The lowest BCUT2D eigenvalue weighted by atomic mass is 9.70. The molecule has 1 aliphatic rings. The van der Waals surface area contributed by atoms with E-state index in [9.17, 15) is 0 Å². The van der Waals surface area contributed by atoms with Gasteiger partial charge in [0, 0.05) is 10.4 Å². The molecule has 1 aliphatic carbocycles. The second kappa shape index (κ2) is 3.91. The summed E-state index contributed by atoms with van der Waals surface area (Å²) in [5, 5.41) is 2.25. The molecular formula is C13H21NS. The van der Waals surface area contributed by atoms with Gasteiger partial charge in [-0.3, -0.25) is 0 Å². The Bertz CT molecular complexity index is 332. The van der Waals surface area contributed by atoms with Gasteiger partial charge in [-0.05, 0) is 55.0 Å². The van der Waals surface area contributed by atoms with Crippen LogP contribution in [0.25, 0.3) is 0 Å². The van der Waals surface area contributed by atoms with Crippen molar-refractivity contribution in [3.8, 4) is 0 Å². The van der Waals surface area contributed by atoms with Gasteiger partial charge in [0.15, 0.2) is 0 Å². The predicted octanol–water partition coefficient (Wildman–Crippen LogP) is 3.67. The van der Waals surface area contributed by atoms with Crippen molar-refractivity contribution in [2.24, 2.45) is 17.6 Å². The van der Waals surface area contributed by atoms with Crippen molar-refractivity contribution >= 4 is 11.3 Å². The number of rotatable bonds is 1. The maximum Gasteiger partial charge on any atom is 0.0423 e. The Labute approximate surface area is 96.7 Å². The highest BCUT2D eigenvalue weighted by molar-refractivity contribution is 7.10. The quantitative estimate of drug-likeness (QED) is 0.772. The Morgan fingerprint density at radius 1 is 1.33 bits per heavy atom. The molecule has 84 valence electrons. The topological polar surface area (TPSA) is 26.0 Å². The van der Waals surface area contributed by atoms with Crippen molar-refractivity contribution < 1.29 is 0 Å². The first-order chi connectivity index (χ1) is 6.99. The predicted molar refractivity (Wildman–Crippen MR) is 67.1 cm³/mol. The molecule has 2 rings (SSSR count). The van der Waals surface area contributed by atoms with E-state index in [1.54, 1.807) is 0 Å². The van der Waals surface area contributed by atoms with Crippen LogP contribution in [0.5, 0.6) is 0 Å². The smallest absolute Gasteiger partial charge is 0.0423 e. The molecule has 2 unspecified atom stereocenters. The summed E-state index contributed by atoms with van der Waals surface area (Å²) < 4.78 is 0. The first-order valence-electron chi connectivity index (χ1n) is 5.84. The van der Waals surface area contributed by atoms with E-state index in [-0.39, 0.29) is 5.54 Å². The van der Waals surface area contributed by atoms with Crippen molar-refractivity contribution in [2.75, 3.05) is 0 Å². The fourth-order valence-electron chi connectivity index (χ4n) is 3.12. The van der Waals surface area contributed by atoms with Crippen LogP contribution < -0.4 is 5.73 Å². The molecule has 2 atom stereocenters. The Hall–Kier alpha value is -0.340. The van der Waals surface area contributed by atoms with Crippen molar-refractivity contribution in [2.45, 2.75) is 45.6 Å². The molecule has 0 bridgehead atoms. The Kier molecular flexibility index (Phi) is 2.91. The molecule has 0 spiro atoms. The standard InChI is InChI=1S/C13H21NS/c1-9-4-10(2)7-13(14,6-9)12-5-11(3)15-8-12/h5,8-10H,4,6-7,14H2,1-3H3. The largest absolute Gasteiger partial charge is 0.321 e. The summed E-state index contributed by atoms with van der Waals surface area (Å²) in [4.78, 5) is 1.38. The summed E-state index contributed by atoms with van der Waals surface area (Å²) >= 11 is 1.82. The second-order valence-electron chi connectivity index (χ2n) is 5.46. The van der Waals surface area contributed by atoms with E-state index in [4.69, 9.17) is 5.73 Å². The Balaban J connectivity index is 2.25. The van der Waals surface area contributed by atoms with E-state index in [2.05, 4.69) is 32.2 Å². The first-order valence-corrected chi connectivity index (χ1v) is 6.72. The normalized spacial score (nSPS) is 36.8. The lowest BCUT2D eigenvalue weighted by molar-refractivity contribution is 0.184. The second-order valence-corrected chi connectivity index (χ2v) is 6.57. The van der Waals surface area contributed by atoms with Gasteiger partial charge in [-0.15, -0.1) is 11.3 Å². The Morgan fingerprint density at radius 2 is 1.93 bits per heavy atom. The van der Waals surface area contributed by atoms with Crippen LogP contribution in [0.1, 0.15) is 43.6 Å². The molecule has 15 heavy (non-hydrogen) atoms. The number of hydrogen-bond acceptors (Lipinski definition) is 2. The number of thiophene rings is 1. The van der Waals surface area contributed by atoms with Crippen LogP contribution >= 0.6 is 11.3 Å². The molecule has 1 aromatic heterocycles. The fourth-order valence-corrected chi connectivity index (χ4v) is 3.93. The summed E-state index contributed by atoms with van der Waals surface area (Å²) in [6, 6.07) is 2.27. The molecule has 0 aromatic carbocycles. The zero-order valence-corrected chi connectivity index (χ0v) is 10.7. The minimum absolute atomic E-state index is 0.0537. The van der Waals surface area contributed by atoms with E-state index in [1.807, 2.05) is 11.3 Å². The molecule has 1 nitrogen and oxygen atoms in total. The van der Waals surface area contributed by atoms with Gasteiger partial charge < -0.3 is 5.73 Å². The SMILES string of the molecule is Cc1cc(C2(N)CC(C)CC(C)C2)cs1. The number of aryl methyl sites for hydroxylation is 1. The third kappa shape index (κ3) is 2.26. The van der Waals surface area contributed by atoms with Crippen LogP contribution in [0.4, 0.5) is 0 Å². The fraction of sp³-hybridized carbons (Fsp3) is 0.692. The molecule has 0 amide bonds. The van der Waals surface area contributed by atoms with Crippen LogP contribution in [-0.4, -0.2) is 0 Å². The van der Waals surface area contributed by atoms with E-state index < -0.39 is 0 Å². The highest BCUT2D eigenvalue weighted by atomic mass is 32.1. The van der Waals surface area contributed by atoms with Crippen molar-refractivity contribution in [1.29, 1.82) is 0 Å². The van der Waals surface area contributed by atoms with Crippen LogP contribution in [-0.2, 0) is 5.54 Å². The third-order valence-corrected chi connectivity index (χ3v) is 4.40. The molecule has 2 heteroatoms. The van der Waals surface area contributed by atoms with Gasteiger partial charge in [-0.25, -0.2) is 0 Å². The van der Waals surface area contributed by atoms with Gasteiger partial charge in [0.2, 0.25) is 0 Å². The van der Waals surface area contributed by atoms with Crippen molar-refractivity contribution in [3.05, 3.63) is 21.9 Å². The average Bonchev–Trinajstić information content (AvgIpc) is 2.49. The van der Waals surface area contributed by atoms with E-state index in [0.29, 0.717) is 0 Å². The van der Waals surface area contributed by atoms with Crippen LogP contribution in [0, 0.1) is 18.8 Å². The van der Waals surface area contributed by atoms with Gasteiger partial charge in [0.05, 0.1) is 0 Å². The van der Waals surface area contributed by atoms with Gasteiger partial charge in [-0.1, -0.05) is 13.8 Å². The van der Waals surface area contributed by atoms with Crippen LogP contribution in [0.2, 0.25) is 0 Å². The van der Waals surface area contributed by atoms with Crippen molar-refractivity contribution in [1.82, 2.24) is 0 Å². The zero-order valence-electron chi connectivity index (χ0n) is 9.92.